The summed E-state index contributed by atoms with van der Waals surface area (Å²) in [5.74, 6) is -0.923. The number of aliphatic imine (C=N–C) groups is 1. The van der Waals surface area contributed by atoms with Crippen LogP contribution in [0.15, 0.2) is 17.5 Å². The monoisotopic (exact) mass is 180 g/mol. The van der Waals surface area contributed by atoms with E-state index in [-0.39, 0.29) is 17.2 Å². The molecular formula is C7H8N4O2. The topological polar surface area (TPSA) is 101 Å². The Balaban J connectivity index is 3.04. The third-order valence-electron chi connectivity index (χ3n) is 1.30. The number of nitrogen functional groups attached to an aromatic ring is 1. The molecule has 1 aromatic heterocycles. The highest BCUT2D eigenvalue weighted by molar-refractivity contribution is 6.35. The zero-order chi connectivity index (χ0) is 9.84. The molecule has 6 nitrogen and oxygen atoms in total. The number of aliphatic carboxylic acids is 1. The second kappa shape index (κ2) is 3.61. The summed E-state index contributed by atoms with van der Waals surface area (Å²) in [6, 6.07) is 0. The highest BCUT2D eigenvalue weighted by Gasteiger charge is 2.04. The molecule has 1 rings (SSSR count). The molecule has 0 saturated heterocycles. The van der Waals surface area contributed by atoms with Gasteiger partial charge >= 0.3 is 5.97 Å². The standard InChI is InChI=1S/C7H8N4O2/c1-4(7(12)13)11-6-5(8)2-9-3-10-6/h2-3H,8H2,1H3,(H,12,13). The molecule has 0 unspecified atom stereocenters. The molecule has 0 saturated carbocycles. The molecule has 0 radical (unpaired) electrons. The van der Waals surface area contributed by atoms with E-state index in [9.17, 15) is 4.79 Å². The van der Waals surface area contributed by atoms with Gasteiger partial charge < -0.3 is 10.8 Å². The Hall–Kier alpha value is -1.98. The summed E-state index contributed by atoms with van der Waals surface area (Å²) >= 11 is 0. The molecule has 1 aromatic rings. The van der Waals surface area contributed by atoms with Gasteiger partial charge in [0.15, 0.2) is 5.82 Å². The van der Waals surface area contributed by atoms with Crippen LogP contribution in [0.3, 0.4) is 0 Å². The summed E-state index contributed by atoms with van der Waals surface area (Å²) in [6.45, 7) is 1.36. The maximum atomic E-state index is 10.4. The highest BCUT2D eigenvalue weighted by Crippen LogP contribution is 2.15. The minimum Gasteiger partial charge on any atom is -0.477 e. The lowest BCUT2D eigenvalue weighted by molar-refractivity contribution is -0.129. The van der Waals surface area contributed by atoms with Crippen LogP contribution in [0.5, 0.6) is 0 Å². The molecule has 0 fully saturated rings. The zero-order valence-corrected chi connectivity index (χ0v) is 6.93. The van der Waals surface area contributed by atoms with E-state index in [1.54, 1.807) is 0 Å². The number of aromatic nitrogens is 2. The summed E-state index contributed by atoms with van der Waals surface area (Å²) < 4.78 is 0. The van der Waals surface area contributed by atoms with Crippen LogP contribution in [0.1, 0.15) is 6.92 Å². The van der Waals surface area contributed by atoms with Crippen LogP contribution in [-0.4, -0.2) is 26.8 Å². The number of hydrogen-bond donors (Lipinski definition) is 2. The van der Waals surface area contributed by atoms with Gasteiger partial charge in [0.2, 0.25) is 0 Å². The second-order valence-corrected chi connectivity index (χ2v) is 2.30. The van der Waals surface area contributed by atoms with Crippen LogP contribution >= 0.6 is 0 Å². The normalized spacial score (nSPS) is 11.3. The Bertz CT molecular complexity index is 361. The van der Waals surface area contributed by atoms with Crippen molar-refractivity contribution < 1.29 is 9.90 Å². The van der Waals surface area contributed by atoms with E-state index in [0.29, 0.717) is 0 Å². The first kappa shape index (κ1) is 9.11. The van der Waals surface area contributed by atoms with Crippen LogP contribution in [0.4, 0.5) is 11.5 Å². The van der Waals surface area contributed by atoms with E-state index < -0.39 is 5.97 Å². The zero-order valence-electron chi connectivity index (χ0n) is 6.93. The molecule has 0 bridgehead atoms. The minimum absolute atomic E-state index is 0.0644. The first-order valence-corrected chi connectivity index (χ1v) is 3.45. The molecule has 0 aliphatic carbocycles. The van der Waals surface area contributed by atoms with Gasteiger partial charge in [-0.15, -0.1) is 0 Å². The largest absolute Gasteiger partial charge is 0.477 e. The van der Waals surface area contributed by atoms with E-state index in [1.165, 1.54) is 19.4 Å². The maximum Gasteiger partial charge on any atom is 0.350 e. The van der Waals surface area contributed by atoms with Crippen LogP contribution in [-0.2, 0) is 4.79 Å². The van der Waals surface area contributed by atoms with Gasteiger partial charge in [0.05, 0.1) is 11.9 Å². The number of nitrogens with two attached hydrogens (primary N) is 1. The number of carbonyl (C=O) groups is 1. The van der Waals surface area contributed by atoms with Crippen molar-refractivity contribution in [3.8, 4) is 0 Å². The summed E-state index contributed by atoms with van der Waals surface area (Å²) in [5.41, 5.74) is 5.63. The van der Waals surface area contributed by atoms with Crippen molar-refractivity contribution in [1.29, 1.82) is 0 Å². The van der Waals surface area contributed by atoms with Crippen molar-refractivity contribution in [1.82, 2.24) is 9.97 Å². The van der Waals surface area contributed by atoms with Crippen molar-refractivity contribution >= 4 is 23.2 Å². The van der Waals surface area contributed by atoms with Gasteiger partial charge in [-0.05, 0) is 6.92 Å². The second-order valence-electron chi connectivity index (χ2n) is 2.30. The van der Waals surface area contributed by atoms with Gasteiger partial charge in [-0.2, -0.15) is 0 Å². The molecular weight excluding hydrogens is 172 g/mol. The lowest BCUT2D eigenvalue weighted by Gasteiger charge is -1.97. The van der Waals surface area contributed by atoms with Gasteiger partial charge in [-0.25, -0.2) is 19.8 Å². The minimum atomic E-state index is -1.10. The van der Waals surface area contributed by atoms with E-state index in [4.69, 9.17) is 10.8 Å². The maximum absolute atomic E-state index is 10.4. The SMILES string of the molecule is CC(=Nc1ncncc1N)C(=O)O. The first-order valence-electron chi connectivity index (χ1n) is 3.45. The third-order valence-corrected chi connectivity index (χ3v) is 1.30. The van der Waals surface area contributed by atoms with E-state index >= 15 is 0 Å². The predicted octanol–water partition coefficient (Wildman–Crippen LogP) is 0.236. The quantitative estimate of drug-likeness (QED) is 0.634. The van der Waals surface area contributed by atoms with Crippen LogP contribution in [0.2, 0.25) is 0 Å². The number of anilines is 1. The summed E-state index contributed by atoms with van der Waals surface area (Å²) in [4.78, 5) is 21.5. The van der Waals surface area contributed by atoms with Crippen LogP contribution in [0.25, 0.3) is 0 Å². The molecule has 6 heteroatoms. The van der Waals surface area contributed by atoms with Crippen LogP contribution in [0, 0.1) is 0 Å². The lowest BCUT2D eigenvalue weighted by atomic mass is 10.4. The molecule has 1 heterocycles. The summed E-state index contributed by atoms with van der Waals surface area (Å²) in [7, 11) is 0. The van der Waals surface area contributed by atoms with Crippen molar-refractivity contribution in [2.24, 2.45) is 4.99 Å². The molecule has 0 aromatic carbocycles. The number of hydrogen-bond acceptors (Lipinski definition) is 5. The van der Waals surface area contributed by atoms with Crippen molar-refractivity contribution in [2.75, 3.05) is 5.73 Å². The van der Waals surface area contributed by atoms with E-state index in [0.717, 1.165) is 0 Å². The predicted molar refractivity (Wildman–Crippen MR) is 46.8 cm³/mol. The Morgan fingerprint density at radius 1 is 1.69 bits per heavy atom. The Morgan fingerprint density at radius 2 is 2.38 bits per heavy atom. The van der Waals surface area contributed by atoms with Crippen molar-refractivity contribution in [3.05, 3.63) is 12.5 Å². The fourth-order valence-corrected chi connectivity index (χ4v) is 0.634. The molecule has 0 amide bonds. The highest BCUT2D eigenvalue weighted by atomic mass is 16.4. The summed E-state index contributed by atoms with van der Waals surface area (Å²) in [5, 5.41) is 8.52. The number of nitrogens with zero attached hydrogens (tertiary/aromatic N) is 3. The lowest BCUT2D eigenvalue weighted by Crippen LogP contribution is -2.07. The van der Waals surface area contributed by atoms with Gasteiger partial charge in [-0.3, -0.25) is 0 Å². The fourth-order valence-electron chi connectivity index (χ4n) is 0.634. The van der Waals surface area contributed by atoms with Gasteiger partial charge in [0.1, 0.15) is 12.0 Å². The van der Waals surface area contributed by atoms with Gasteiger partial charge in [0.25, 0.3) is 0 Å². The molecule has 3 N–H and O–H groups in total. The Morgan fingerprint density at radius 3 is 2.92 bits per heavy atom. The first-order chi connectivity index (χ1) is 6.11. The average molecular weight is 180 g/mol. The Kier molecular flexibility index (Phi) is 2.53. The molecule has 0 atom stereocenters. The van der Waals surface area contributed by atoms with Gasteiger partial charge in [0, 0.05) is 0 Å². The molecule has 0 spiro atoms. The smallest absolute Gasteiger partial charge is 0.350 e. The number of carboxylic acid groups (broad SMARTS) is 1. The molecule has 0 aliphatic rings. The fraction of sp³-hybridized carbons (Fsp3) is 0.143. The van der Waals surface area contributed by atoms with Gasteiger partial charge in [-0.1, -0.05) is 0 Å². The van der Waals surface area contributed by atoms with Crippen molar-refractivity contribution in [3.63, 3.8) is 0 Å². The van der Waals surface area contributed by atoms with E-state index in [2.05, 4.69) is 15.0 Å². The number of carboxylic acids is 1. The molecule has 13 heavy (non-hydrogen) atoms. The molecule has 0 aliphatic heterocycles. The average Bonchev–Trinajstić information content (AvgIpc) is 2.08. The number of rotatable bonds is 2. The van der Waals surface area contributed by atoms with Crippen LogP contribution < -0.4 is 5.73 Å². The molecule has 68 valence electrons. The third kappa shape index (κ3) is 2.22. The summed E-state index contributed by atoms with van der Waals surface area (Å²) in [6.07, 6.45) is 2.62. The van der Waals surface area contributed by atoms with E-state index in [1.807, 2.05) is 0 Å². The van der Waals surface area contributed by atoms with Crippen molar-refractivity contribution in [2.45, 2.75) is 6.92 Å². The Labute approximate surface area is 74.2 Å².